The van der Waals surface area contributed by atoms with Crippen LogP contribution >= 0.6 is 0 Å². The summed E-state index contributed by atoms with van der Waals surface area (Å²) in [6, 6.07) is 0. The van der Waals surface area contributed by atoms with Gasteiger partial charge in [0.25, 0.3) is 0 Å². The summed E-state index contributed by atoms with van der Waals surface area (Å²) in [4.78, 5) is 18.0. The summed E-state index contributed by atoms with van der Waals surface area (Å²) in [7, 11) is 0. The zero-order chi connectivity index (χ0) is 12.8. The van der Waals surface area contributed by atoms with E-state index in [0.717, 1.165) is 32.0 Å². The Hall–Kier alpha value is -1.32. The third-order valence-electron chi connectivity index (χ3n) is 3.60. The molecule has 2 rings (SSSR count). The molecule has 1 fully saturated rings. The summed E-state index contributed by atoms with van der Waals surface area (Å²) >= 11 is 0. The van der Waals surface area contributed by atoms with Gasteiger partial charge < -0.3 is 9.47 Å². The van der Waals surface area contributed by atoms with Crippen LogP contribution in [0.25, 0.3) is 0 Å². The van der Waals surface area contributed by atoms with E-state index in [2.05, 4.69) is 11.9 Å². The standard InChI is InChI=1S/C14H23N3O/c1-2-17(10-7-13-5-6-13)14(18)4-3-9-16-11-8-15-12-16/h8,11-13H,2-7,9-10H2,1H3. The second kappa shape index (κ2) is 6.57. The van der Waals surface area contributed by atoms with Gasteiger partial charge in [0.05, 0.1) is 6.33 Å². The van der Waals surface area contributed by atoms with Crippen LogP contribution in [-0.4, -0.2) is 33.4 Å². The summed E-state index contributed by atoms with van der Waals surface area (Å²) in [6.07, 6.45) is 11.0. The maximum Gasteiger partial charge on any atom is 0.222 e. The molecule has 4 nitrogen and oxygen atoms in total. The van der Waals surface area contributed by atoms with Crippen molar-refractivity contribution >= 4 is 5.91 Å². The fourth-order valence-electron chi connectivity index (χ4n) is 2.19. The number of imidazole rings is 1. The number of hydrogen-bond donors (Lipinski definition) is 0. The first-order valence-electron chi connectivity index (χ1n) is 7.03. The van der Waals surface area contributed by atoms with Gasteiger partial charge in [-0.15, -0.1) is 0 Å². The Balaban J connectivity index is 1.64. The number of carbonyl (C=O) groups is 1. The highest BCUT2D eigenvalue weighted by Crippen LogP contribution is 2.32. The van der Waals surface area contributed by atoms with Gasteiger partial charge in [-0.3, -0.25) is 4.79 Å². The minimum Gasteiger partial charge on any atom is -0.343 e. The van der Waals surface area contributed by atoms with Gasteiger partial charge in [-0.05, 0) is 25.7 Å². The highest BCUT2D eigenvalue weighted by molar-refractivity contribution is 5.76. The van der Waals surface area contributed by atoms with Crippen LogP contribution in [0.3, 0.4) is 0 Å². The largest absolute Gasteiger partial charge is 0.343 e. The van der Waals surface area contributed by atoms with Crippen LogP contribution in [0, 0.1) is 5.92 Å². The molecule has 1 aromatic rings. The topological polar surface area (TPSA) is 38.1 Å². The smallest absolute Gasteiger partial charge is 0.222 e. The van der Waals surface area contributed by atoms with Gasteiger partial charge in [0.2, 0.25) is 5.91 Å². The lowest BCUT2D eigenvalue weighted by atomic mass is 10.2. The predicted octanol–water partition coefficient (Wildman–Crippen LogP) is 2.31. The van der Waals surface area contributed by atoms with Crippen molar-refractivity contribution in [3.63, 3.8) is 0 Å². The van der Waals surface area contributed by atoms with E-state index >= 15 is 0 Å². The average Bonchev–Trinajstić information content (AvgIpc) is 3.05. The van der Waals surface area contributed by atoms with Crippen LogP contribution in [0.1, 0.15) is 39.0 Å². The molecule has 0 spiro atoms. The van der Waals surface area contributed by atoms with Crippen molar-refractivity contribution in [2.45, 2.75) is 45.6 Å². The van der Waals surface area contributed by atoms with E-state index in [-0.39, 0.29) is 0 Å². The molecule has 4 heteroatoms. The molecule has 0 atom stereocenters. The van der Waals surface area contributed by atoms with Gasteiger partial charge in [0.15, 0.2) is 0 Å². The van der Waals surface area contributed by atoms with Crippen LogP contribution in [0.4, 0.5) is 0 Å². The fourth-order valence-corrected chi connectivity index (χ4v) is 2.19. The molecule has 0 aliphatic heterocycles. The van der Waals surface area contributed by atoms with E-state index in [0.29, 0.717) is 12.3 Å². The Morgan fingerprint density at radius 1 is 1.50 bits per heavy atom. The predicted molar refractivity (Wildman–Crippen MR) is 71.1 cm³/mol. The first-order chi connectivity index (χ1) is 8.79. The first-order valence-corrected chi connectivity index (χ1v) is 7.03. The molecule has 0 saturated heterocycles. The van der Waals surface area contributed by atoms with Crippen molar-refractivity contribution in [2.24, 2.45) is 5.92 Å². The Morgan fingerprint density at radius 3 is 2.94 bits per heavy atom. The Morgan fingerprint density at radius 2 is 2.33 bits per heavy atom. The van der Waals surface area contributed by atoms with E-state index in [1.807, 2.05) is 15.7 Å². The van der Waals surface area contributed by atoms with Gasteiger partial charge >= 0.3 is 0 Å². The molecule has 0 bridgehead atoms. The molecule has 1 amide bonds. The quantitative estimate of drug-likeness (QED) is 0.709. The third-order valence-corrected chi connectivity index (χ3v) is 3.60. The molecule has 0 N–H and O–H groups in total. The molecule has 1 aliphatic rings. The van der Waals surface area contributed by atoms with Gasteiger partial charge in [-0.1, -0.05) is 12.8 Å². The number of hydrogen-bond acceptors (Lipinski definition) is 2. The molecule has 100 valence electrons. The van der Waals surface area contributed by atoms with E-state index < -0.39 is 0 Å². The third kappa shape index (κ3) is 4.17. The maximum atomic E-state index is 12.0. The molecule has 18 heavy (non-hydrogen) atoms. The Bertz CT molecular complexity index is 357. The minimum atomic E-state index is 0.304. The summed E-state index contributed by atoms with van der Waals surface area (Å²) in [6.45, 7) is 4.74. The van der Waals surface area contributed by atoms with Crippen molar-refractivity contribution in [3.05, 3.63) is 18.7 Å². The lowest BCUT2D eigenvalue weighted by molar-refractivity contribution is -0.131. The van der Waals surface area contributed by atoms with E-state index in [1.165, 1.54) is 19.3 Å². The molecule has 1 saturated carbocycles. The van der Waals surface area contributed by atoms with E-state index in [4.69, 9.17) is 0 Å². The highest BCUT2D eigenvalue weighted by atomic mass is 16.2. The SMILES string of the molecule is CCN(CCC1CC1)C(=O)CCCn1ccnc1. The summed E-state index contributed by atoms with van der Waals surface area (Å²) < 4.78 is 2.02. The van der Waals surface area contributed by atoms with Crippen LogP contribution < -0.4 is 0 Å². The normalized spacial score (nSPS) is 14.7. The molecule has 0 aromatic carbocycles. The van der Waals surface area contributed by atoms with Crippen molar-refractivity contribution in [2.75, 3.05) is 13.1 Å². The number of rotatable bonds is 8. The molecule has 1 aliphatic carbocycles. The van der Waals surface area contributed by atoms with Gasteiger partial charge in [-0.2, -0.15) is 0 Å². The molecule has 0 radical (unpaired) electrons. The number of nitrogens with zero attached hydrogens (tertiary/aromatic N) is 3. The number of carbonyl (C=O) groups excluding carboxylic acids is 1. The van der Waals surface area contributed by atoms with Crippen molar-refractivity contribution < 1.29 is 4.79 Å². The van der Waals surface area contributed by atoms with Gasteiger partial charge in [0, 0.05) is 38.4 Å². The summed E-state index contributed by atoms with van der Waals surface area (Å²) in [5.74, 6) is 1.20. The van der Waals surface area contributed by atoms with E-state index in [1.54, 1.807) is 12.5 Å². The summed E-state index contributed by atoms with van der Waals surface area (Å²) in [5, 5.41) is 0. The van der Waals surface area contributed by atoms with Crippen LogP contribution in [0.15, 0.2) is 18.7 Å². The van der Waals surface area contributed by atoms with Crippen LogP contribution in [0.5, 0.6) is 0 Å². The zero-order valence-corrected chi connectivity index (χ0v) is 11.2. The minimum absolute atomic E-state index is 0.304. The second-order valence-corrected chi connectivity index (χ2v) is 5.11. The highest BCUT2D eigenvalue weighted by Gasteiger charge is 2.22. The van der Waals surface area contributed by atoms with E-state index in [9.17, 15) is 4.79 Å². The van der Waals surface area contributed by atoms with Gasteiger partial charge in [-0.25, -0.2) is 4.98 Å². The molecular weight excluding hydrogens is 226 g/mol. The Labute approximate surface area is 109 Å². The molecular formula is C14H23N3O. The van der Waals surface area contributed by atoms with Crippen LogP contribution in [0.2, 0.25) is 0 Å². The number of aryl methyl sites for hydroxylation is 1. The first kappa shape index (κ1) is 13.1. The Kier molecular flexibility index (Phi) is 4.79. The lowest BCUT2D eigenvalue weighted by Crippen LogP contribution is -2.32. The fraction of sp³-hybridized carbons (Fsp3) is 0.714. The lowest BCUT2D eigenvalue weighted by Gasteiger charge is -2.20. The van der Waals surface area contributed by atoms with Crippen LogP contribution in [-0.2, 0) is 11.3 Å². The monoisotopic (exact) mass is 249 g/mol. The molecule has 1 aromatic heterocycles. The maximum absolute atomic E-state index is 12.0. The molecule has 1 heterocycles. The van der Waals surface area contributed by atoms with Crippen molar-refractivity contribution in [3.8, 4) is 0 Å². The number of amides is 1. The second-order valence-electron chi connectivity index (χ2n) is 5.11. The van der Waals surface area contributed by atoms with Crippen molar-refractivity contribution in [1.29, 1.82) is 0 Å². The summed E-state index contributed by atoms with van der Waals surface area (Å²) in [5.41, 5.74) is 0. The van der Waals surface area contributed by atoms with Crippen molar-refractivity contribution in [1.82, 2.24) is 14.5 Å². The average molecular weight is 249 g/mol. The van der Waals surface area contributed by atoms with Gasteiger partial charge in [0.1, 0.15) is 0 Å². The zero-order valence-electron chi connectivity index (χ0n) is 11.2. The molecule has 0 unspecified atom stereocenters. The number of aromatic nitrogens is 2.